The molecule has 9 heteroatoms. The Balaban J connectivity index is 1.67. The molecule has 0 fully saturated rings. The summed E-state index contributed by atoms with van der Waals surface area (Å²) >= 11 is 7.38. The van der Waals surface area contributed by atoms with E-state index in [-0.39, 0.29) is 12.0 Å². The minimum atomic E-state index is -0.176. The predicted molar refractivity (Wildman–Crippen MR) is 109 cm³/mol. The highest BCUT2D eigenvalue weighted by Crippen LogP contribution is 2.25. The molecule has 0 radical (unpaired) electrons. The molecule has 0 N–H and O–H groups in total. The van der Waals surface area contributed by atoms with Crippen LogP contribution < -0.4 is 4.74 Å². The van der Waals surface area contributed by atoms with Crippen molar-refractivity contribution in [2.45, 2.75) is 50.2 Å². The number of aromatic nitrogens is 5. The molecule has 0 saturated heterocycles. The SMILES string of the molecule is C=CCn1c(COc2ccc(Cl)cc2)nnc1SCc1nnc(C(C)(C)C)o1. The standard InChI is InChI=1S/C19H22ClN5O2S/c1-5-10-25-15(11-26-14-8-6-13(20)7-9-14)21-24-18(25)28-12-16-22-23-17(27-16)19(2,3)4/h5-9H,1,10-12H2,2-4H3. The molecule has 0 aliphatic rings. The van der Waals surface area contributed by atoms with Crippen molar-refractivity contribution in [3.05, 3.63) is 59.5 Å². The molecule has 3 rings (SSSR count). The lowest BCUT2D eigenvalue weighted by molar-refractivity contribution is 0.289. The van der Waals surface area contributed by atoms with Gasteiger partial charge in [0.05, 0.1) is 5.75 Å². The Kier molecular flexibility index (Phi) is 6.41. The van der Waals surface area contributed by atoms with Crippen LogP contribution in [-0.4, -0.2) is 25.0 Å². The van der Waals surface area contributed by atoms with Crippen LogP contribution in [0.5, 0.6) is 5.75 Å². The number of ether oxygens (including phenoxy) is 1. The highest BCUT2D eigenvalue weighted by Gasteiger charge is 2.22. The third-order valence-corrected chi connectivity index (χ3v) is 4.92. The van der Waals surface area contributed by atoms with Gasteiger partial charge in [0.15, 0.2) is 11.0 Å². The summed E-state index contributed by atoms with van der Waals surface area (Å²) in [5, 5.41) is 18.2. The maximum Gasteiger partial charge on any atom is 0.226 e. The monoisotopic (exact) mass is 419 g/mol. The molecular formula is C19H22ClN5O2S. The second-order valence-electron chi connectivity index (χ2n) is 7.08. The molecule has 28 heavy (non-hydrogen) atoms. The van der Waals surface area contributed by atoms with Crippen molar-refractivity contribution in [3.8, 4) is 5.75 Å². The van der Waals surface area contributed by atoms with E-state index in [1.807, 2.05) is 37.5 Å². The molecule has 148 valence electrons. The Morgan fingerprint density at radius 3 is 2.57 bits per heavy atom. The minimum Gasteiger partial charge on any atom is -0.486 e. The maximum atomic E-state index is 5.90. The van der Waals surface area contributed by atoms with Gasteiger partial charge < -0.3 is 9.15 Å². The molecule has 2 aromatic heterocycles. The molecule has 0 saturated carbocycles. The normalized spacial score (nSPS) is 11.6. The molecule has 3 aromatic rings. The van der Waals surface area contributed by atoms with Gasteiger partial charge in [0, 0.05) is 17.0 Å². The molecule has 7 nitrogen and oxygen atoms in total. The average Bonchev–Trinajstić information content (AvgIpc) is 3.27. The molecular weight excluding hydrogens is 398 g/mol. The smallest absolute Gasteiger partial charge is 0.226 e. The molecule has 0 aliphatic carbocycles. The van der Waals surface area contributed by atoms with Gasteiger partial charge in [-0.05, 0) is 24.3 Å². The van der Waals surface area contributed by atoms with E-state index in [2.05, 4.69) is 27.0 Å². The summed E-state index contributed by atoms with van der Waals surface area (Å²) in [6.45, 7) is 10.8. The Morgan fingerprint density at radius 2 is 1.93 bits per heavy atom. The average molecular weight is 420 g/mol. The Hall–Kier alpha value is -2.32. The van der Waals surface area contributed by atoms with Gasteiger partial charge in [-0.3, -0.25) is 4.57 Å². The summed E-state index contributed by atoms with van der Waals surface area (Å²) < 4.78 is 13.5. The molecule has 0 aliphatic heterocycles. The van der Waals surface area contributed by atoms with Crippen LogP contribution in [0.25, 0.3) is 0 Å². The first-order chi connectivity index (χ1) is 13.4. The van der Waals surface area contributed by atoms with Gasteiger partial charge in [0.1, 0.15) is 12.4 Å². The van der Waals surface area contributed by atoms with E-state index in [9.17, 15) is 0 Å². The highest BCUT2D eigenvalue weighted by atomic mass is 35.5. The number of hydrogen-bond donors (Lipinski definition) is 0. The quantitative estimate of drug-likeness (QED) is 0.387. The van der Waals surface area contributed by atoms with Crippen molar-refractivity contribution in [1.82, 2.24) is 25.0 Å². The number of hydrogen-bond acceptors (Lipinski definition) is 7. The number of allylic oxidation sites excluding steroid dienone is 1. The van der Waals surface area contributed by atoms with Crippen molar-refractivity contribution in [3.63, 3.8) is 0 Å². The first kappa shape index (κ1) is 20.4. The topological polar surface area (TPSA) is 78.9 Å². The zero-order chi connectivity index (χ0) is 20.1. The van der Waals surface area contributed by atoms with Gasteiger partial charge in [0.2, 0.25) is 11.8 Å². The Labute approximate surface area is 173 Å². The van der Waals surface area contributed by atoms with Gasteiger partial charge in [-0.1, -0.05) is 50.2 Å². The van der Waals surface area contributed by atoms with Gasteiger partial charge in [-0.25, -0.2) is 0 Å². The zero-order valence-corrected chi connectivity index (χ0v) is 17.6. The first-order valence-corrected chi connectivity index (χ1v) is 10.1. The Bertz CT molecular complexity index is 931. The van der Waals surface area contributed by atoms with Gasteiger partial charge in [0.25, 0.3) is 0 Å². The molecule has 0 amide bonds. The van der Waals surface area contributed by atoms with E-state index in [1.54, 1.807) is 18.2 Å². The summed E-state index contributed by atoms with van der Waals surface area (Å²) in [7, 11) is 0. The predicted octanol–water partition coefficient (Wildman–Crippen LogP) is 4.67. The van der Waals surface area contributed by atoms with E-state index in [0.717, 1.165) is 5.16 Å². The number of halogens is 1. The lowest BCUT2D eigenvalue weighted by atomic mass is 9.97. The Morgan fingerprint density at radius 1 is 1.18 bits per heavy atom. The molecule has 1 aromatic carbocycles. The van der Waals surface area contributed by atoms with E-state index >= 15 is 0 Å². The minimum absolute atomic E-state index is 0.176. The molecule has 0 atom stereocenters. The summed E-state index contributed by atoms with van der Waals surface area (Å²) in [5.74, 6) is 3.11. The summed E-state index contributed by atoms with van der Waals surface area (Å²) in [5.41, 5.74) is -0.176. The van der Waals surface area contributed by atoms with Crippen LogP contribution in [0, 0.1) is 0 Å². The van der Waals surface area contributed by atoms with Crippen LogP contribution in [-0.2, 0) is 24.3 Å². The third kappa shape index (κ3) is 5.14. The zero-order valence-electron chi connectivity index (χ0n) is 16.1. The van der Waals surface area contributed by atoms with Gasteiger partial charge >= 0.3 is 0 Å². The van der Waals surface area contributed by atoms with Crippen LogP contribution >= 0.6 is 23.4 Å². The highest BCUT2D eigenvalue weighted by molar-refractivity contribution is 7.98. The largest absolute Gasteiger partial charge is 0.486 e. The number of thioether (sulfide) groups is 1. The summed E-state index contributed by atoms with van der Waals surface area (Å²) in [6, 6.07) is 7.19. The van der Waals surface area contributed by atoms with E-state index < -0.39 is 0 Å². The fourth-order valence-corrected chi connectivity index (χ4v) is 3.19. The van der Waals surface area contributed by atoms with Crippen molar-refractivity contribution in [1.29, 1.82) is 0 Å². The number of benzene rings is 1. The van der Waals surface area contributed by atoms with Crippen molar-refractivity contribution >= 4 is 23.4 Å². The molecule has 0 unspecified atom stereocenters. The van der Waals surface area contributed by atoms with E-state index in [1.165, 1.54) is 11.8 Å². The van der Waals surface area contributed by atoms with E-state index in [0.29, 0.717) is 40.7 Å². The fourth-order valence-electron chi connectivity index (χ4n) is 2.27. The summed E-state index contributed by atoms with van der Waals surface area (Å²) in [6.07, 6.45) is 1.80. The summed E-state index contributed by atoms with van der Waals surface area (Å²) in [4.78, 5) is 0. The first-order valence-electron chi connectivity index (χ1n) is 8.74. The van der Waals surface area contributed by atoms with Crippen LogP contribution in [0.1, 0.15) is 38.4 Å². The van der Waals surface area contributed by atoms with Gasteiger partial charge in [-0.15, -0.1) is 27.0 Å². The lowest BCUT2D eigenvalue weighted by Gasteiger charge is -2.11. The molecule has 0 spiro atoms. The number of rotatable bonds is 8. The number of nitrogens with zero attached hydrogens (tertiary/aromatic N) is 5. The van der Waals surface area contributed by atoms with Crippen LogP contribution in [0.3, 0.4) is 0 Å². The van der Waals surface area contributed by atoms with Crippen LogP contribution in [0.15, 0.2) is 46.5 Å². The second-order valence-corrected chi connectivity index (χ2v) is 8.46. The second kappa shape index (κ2) is 8.79. The van der Waals surface area contributed by atoms with Crippen LogP contribution in [0.2, 0.25) is 5.02 Å². The van der Waals surface area contributed by atoms with Crippen molar-refractivity contribution in [2.75, 3.05) is 0 Å². The third-order valence-electron chi connectivity index (χ3n) is 3.72. The van der Waals surface area contributed by atoms with Crippen LogP contribution in [0.4, 0.5) is 0 Å². The van der Waals surface area contributed by atoms with Gasteiger partial charge in [-0.2, -0.15) is 0 Å². The lowest BCUT2D eigenvalue weighted by Crippen LogP contribution is -2.11. The molecule has 2 heterocycles. The fraction of sp³-hybridized carbons (Fsp3) is 0.368. The maximum absolute atomic E-state index is 5.90. The van der Waals surface area contributed by atoms with E-state index in [4.69, 9.17) is 20.8 Å². The van der Waals surface area contributed by atoms with Crippen molar-refractivity contribution < 1.29 is 9.15 Å². The van der Waals surface area contributed by atoms with Crippen molar-refractivity contribution in [2.24, 2.45) is 0 Å². The molecule has 0 bridgehead atoms.